The summed E-state index contributed by atoms with van der Waals surface area (Å²) in [6.07, 6.45) is 6.69. The summed E-state index contributed by atoms with van der Waals surface area (Å²) in [5.41, 5.74) is 0.773. The van der Waals surface area contributed by atoms with Gasteiger partial charge < -0.3 is 9.15 Å². The van der Waals surface area contributed by atoms with Crippen LogP contribution in [0, 0.1) is 6.92 Å². The third kappa shape index (κ3) is 2.83. The first-order chi connectivity index (χ1) is 8.72. The summed E-state index contributed by atoms with van der Waals surface area (Å²) in [5.74, 6) is 0. The van der Waals surface area contributed by atoms with Crippen LogP contribution < -0.4 is 4.90 Å². The summed E-state index contributed by atoms with van der Waals surface area (Å²) in [6.45, 7) is 4.01. The number of aryl methyl sites for hydroxylation is 1. The number of amides is 1. The quantitative estimate of drug-likeness (QED) is 0.828. The Morgan fingerprint density at radius 3 is 2.78 bits per heavy atom. The highest BCUT2D eigenvalue weighted by molar-refractivity contribution is 5.85. The molecule has 0 N–H and O–H groups in total. The molecule has 0 saturated heterocycles. The lowest BCUT2D eigenvalue weighted by atomic mass is 9.94. The Kier molecular flexibility index (Phi) is 4.23. The van der Waals surface area contributed by atoms with Gasteiger partial charge in [-0.1, -0.05) is 19.3 Å². The molecule has 1 heterocycles. The fraction of sp³-hybridized carbons (Fsp3) is 0.692. The van der Waals surface area contributed by atoms with E-state index in [1.165, 1.54) is 6.42 Å². The molecule has 1 aliphatic carbocycles. The second-order valence-corrected chi connectivity index (χ2v) is 4.63. The molecule has 0 aliphatic heterocycles. The van der Waals surface area contributed by atoms with Crippen LogP contribution in [0.3, 0.4) is 0 Å². The van der Waals surface area contributed by atoms with Crippen molar-refractivity contribution >= 4 is 12.1 Å². The summed E-state index contributed by atoms with van der Waals surface area (Å²) in [4.78, 5) is 17.9. The number of aromatic nitrogens is 1. The molecule has 1 fully saturated rings. The van der Waals surface area contributed by atoms with Crippen molar-refractivity contribution in [2.45, 2.75) is 52.0 Å². The molecular formula is C13H20N2O3. The number of ether oxygens (including phenoxy) is 1. The van der Waals surface area contributed by atoms with Crippen molar-refractivity contribution in [2.75, 3.05) is 11.5 Å². The minimum absolute atomic E-state index is 0.149. The molecule has 0 spiro atoms. The number of hydrogen-bond donors (Lipinski definition) is 0. The van der Waals surface area contributed by atoms with Gasteiger partial charge in [-0.15, -0.1) is 0 Å². The van der Waals surface area contributed by atoms with Crippen LogP contribution in [0.5, 0.6) is 0 Å². The van der Waals surface area contributed by atoms with Gasteiger partial charge in [0.05, 0.1) is 12.3 Å². The molecule has 100 valence electrons. The molecule has 1 saturated carbocycles. The first-order valence-corrected chi connectivity index (χ1v) is 6.60. The lowest BCUT2D eigenvalue weighted by Gasteiger charge is -2.30. The molecule has 0 unspecified atom stereocenters. The van der Waals surface area contributed by atoms with Crippen molar-refractivity contribution in [1.82, 2.24) is 4.98 Å². The van der Waals surface area contributed by atoms with E-state index in [-0.39, 0.29) is 12.1 Å². The van der Waals surface area contributed by atoms with Crippen LogP contribution in [0.25, 0.3) is 0 Å². The van der Waals surface area contributed by atoms with E-state index in [2.05, 4.69) is 4.98 Å². The number of nitrogens with zero attached hydrogens (tertiary/aromatic N) is 2. The van der Waals surface area contributed by atoms with Crippen molar-refractivity contribution in [3.05, 3.63) is 12.0 Å². The third-order valence-corrected chi connectivity index (χ3v) is 3.22. The Morgan fingerprint density at radius 2 is 2.22 bits per heavy atom. The SMILES string of the molecule is CCOC(=O)N(c1nc(C)co1)C1CCCCC1. The van der Waals surface area contributed by atoms with E-state index in [0.717, 1.165) is 31.4 Å². The van der Waals surface area contributed by atoms with Crippen LogP contribution >= 0.6 is 0 Å². The molecule has 1 aromatic rings. The largest absolute Gasteiger partial charge is 0.449 e. The highest BCUT2D eigenvalue weighted by atomic mass is 16.6. The maximum atomic E-state index is 12.1. The number of rotatable bonds is 3. The van der Waals surface area contributed by atoms with Crippen molar-refractivity contribution in [1.29, 1.82) is 0 Å². The lowest BCUT2D eigenvalue weighted by Crippen LogP contribution is -2.42. The molecule has 0 radical (unpaired) electrons. The Hall–Kier alpha value is -1.52. The molecule has 18 heavy (non-hydrogen) atoms. The number of carbonyl (C=O) groups is 1. The van der Waals surface area contributed by atoms with Gasteiger partial charge in [0.1, 0.15) is 6.26 Å². The Labute approximate surface area is 107 Å². The van der Waals surface area contributed by atoms with Gasteiger partial charge in [0.15, 0.2) is 0 Å². The van der Waals surface area contributed by atoms with Gasteiger partial charge in [0.2, 0.25) is 0 Å². The molecule has 5 heteroatoms. The zero-order valence-electron chi connectivity index (χ0n) is 11.0. The van der Waals surface area contributed by atoms with Gasteiger partial charge in [-0.05, 0) is 26.7 Å². The van der Waals surface area contributed by atoms with Gasteiger partial charge in [0.25, 0.3) is 0 Å². The van der Waals surface area contributed by atoms with E-state index in [1.54, 1.807) is 18.1 Å². The predicted octanol–water partition coefficient (Wildman–Crippen LogP) is 3.28. The van der Waals surface area contributed by atoms with E-state index < -0.39 is 0 Å². The number of anilines is 1. The summed E-state index contributed by atoms with van der Waals surface area (Å²) >= 11 is 0. The molecule has 1 amide bonds. The first-order valence-electron chi connectivity index (χ1n) is 6.60. The van der Waals surface area contributed by atoms with Gasteiger partial charge in [-0.25, -0.2) is 9.69 Å². The zero-order valence-corrected chi connectivity index (χ0v) is 11.0. The Bertz CT molecular complexity index is 397. The van der Waals surface area contributed by atoms with Crippen LogP contribution in [0.1, 0.15) is 44.7 Å². The molecule has 2 rings (SSSR count). The van der Waals surface area contributed by atoms with Crippen molar-refractivity contribution in [3.8, 4) is 0 Å². The highest BCUT2D eigenvalue weighted by Crippen LogP contribution is 2.27. The first kappa shape index (κ1) is 12.9. The normalized spacial score (nSPS) is 16.6. The van der Waals surface area contributed by atoms with E-state index >= 15 is 0 Å². The minimum atomic E-state index is -0.355. The zero-order chi connectivity index (χ0) is 13.0. The second kappa shape index (κ2) is 5.89. The van der Waals surface area contributed by atoms with E-state index in [4.69, 9.17) is 9.15 Å². The predicted molar refractivity (Wildman–Crippen MR) is 67.6 cm³/mol. The van der Waals surface area contributed by atoms with Gasteiger partial charge in [-0.2, -0.15) is 4.98 Å². The second-order valence-electron chi connectivity index (χ2n) is 4.63. The maximum absolute atomic E-state index is 12.1. The molecule has 0 atom stereocenters. The van der Waals surface area contributed by atoms with Crippen LogP contribution in [-0.2, 0) is 4.74 Å². The van der Waals surface area contributed by atoms with Gasteiger partial charge >= 0.3 is 12.1 Å². The summed E-state index contributed by atoms with van der Waals surface area (Å²) in [7, 11) is 0. The van der Waals surface area contributed by atoms with Gasteiger partial charge in [-0.3, -0.25) is 0 Å². The molecule has 5 nitrogen and oxygen atoms in total. The molecule has 1 aliphatic rings. The number of oxazole rings is 1. The smallest absolute Gasteiger partial charge is 0.418 e. The minimum Gasteiger partial charge on any atom is -0.449 e. The summed E-state index contributed by atoms with van der Waals surface area (Å²) in [6, 6.07) is 0.508. The van der Waals surface area contributed by atoms with Crippen LogP contribution in [0.15, 0.2) is 10.7 Å². The Balaban J connectivity index is 2.18. The van der Waals surface area contributed by atoms with Gasteiger partial charge in [0, 0.05) is 6.04 Å². The lowest BCUT2D eigenvalue weighted by molar-refractivity contribution is 0.153. The topological polar surface area (TPSA) is 55.6 Å². The monoisotopic (exact) mass is 252 g/mol. The van der Waals surface area contributed by atoms with Crippen molar-refractivity contribution < 1.29 is 13.9 Å². The van der Waals surface area contributed by atoms with Crippen LogP contribution in [-0.4, -0.2) is 23.7 Å². The van der Waals surface area contributed by atoms with Crippen LogP contribution in [0.4, 0.5) is 10.8 Å². The van der Waals surface area contributed by atoms with Crippen molar-refractivity contribution in [3.63, 3.8) is 0 Å². The van der Waals surface area contributed by atoms with Crippen molar-refractivity contribution in [2.24, 2.45) is 0 Å². The summed E-state index contributed by atoms with van der Waals surface area (Å²) in [5, 5.41) is 0. The number of carbonyl (C=O) groups excluding carboxylic acids is 1. The van der Waals surface area contributed by atoms with E-state index in [0.29, 0.717) is 12.6 Å². The standard InChI is InChI=1S/C13H20N2O3/c1-3-17-13(16)15(11-7-5-4-6-8-11)12-14-10(2)9-18-12/h9,11H,3-8H2,1-2H3. The highest BCUT2D eigenvalue weighted by Gasteiger charge is 2.31. The summed E-state index contributed by atoms with van der Waals surface area (Å²) < 4.78 is 10.5. The molecule has 0 bridgehead atoms. The average Bonchev–Trinajstić information content (AvgIpc) is 2.78. The molecule has 0 aromatic carbocycles. The number of hydrogen-bond acceptors (Lipinski definition) is 4. The fourth-order valence-electron chi connectivity index (χ4n) is 2.37. The van der Waals surface area contributed by atoms with E-state index in [1.807, 2.05) is 6.92 Å². The average molecular weight is 252 g/mol. The third-order valence-electron chi connectivity index (χ3n) is 3.22. The van der Waals surface area contributed by atoms with Crippen LogP contribution in [0.2, 0.25) is 0 Å². The van der Waals surface area contributed by atoms with E-state index in [9.17, 15) is 4.79 Å². The maximum Gasteiger partial charge on any atom is 0.418 e. The fourth-order valence-corrected chi connectivity index (χ4v) is 2.37. The Morgan fingerprint density at radius 1 is 1.50 bits per heavy atom. The molecule has 1 aromatic heterocycles. The molecular weight excluding hydrogens is 232 g/mol.